The van der Waals surface area contributed by atoms with E-state index >= 15 is 0 Å². The highest BCUT2D eigenvalue weighted by atomic mass is 16.5. The van der Waals surface area contributed by atoms with Gasteiger partial charge >= 0.3 is 6.09 Å². The Hall–Kier alpha value is -5.19. The lowest BCUT2D eigenvalue weighted by Gasteiger charge is -2.23. The van der Waals surface area contributed by atoms with Crippen LogP contribution in [-0.4, -0.2) is 55.4 Å². The van der Waals surface area contributed by atoms with E-state index in [2.05, 4.69) is 20.7 Å². The molecule has 42 heavy (non-hydrogen) atoms. The van der Waals surface area contributed by atoms with Crippen LogP contribution < -0.4 is 26.4 Å². The first-order valence-corrected chi connectivity index (χ1v) is 13.3. The third kappa shape index (κ3) is 10.4. The summed E-state index contributed by atoms with van der Waals surface area (Å²) in [5, 5.41) is 7.91. The zero-order valence-electron chi connectivity index (χ0n) is 23.2. The van der Waals surface area contributed by atoms with E-state index in [1.54, 1.807) is 48.5 Å². The van der Waals surface area contributed by atoms with Crippen LogP contribution in [0.5, 0.6) is 5.75 Å². The number of benzene rings is 3. The molecule has 3 aromatic carbocycles. The first-order chi connectivity index (χ1) is 20.2. The van der Waals surface area contributed by atoms with Gasteiger partial charge in [0.25, 0.3) is 5.91 Å². The summed E-state index contributed by atoms with van der Waals surface area (Å²) in [5.41, 5.74) is 7.19. The number of carbonyl (C=O) groups is 5. The van der Waals surface area contributed by atoms with Crippen LogP contribution in [0.2, 0.25) is 0 Å². The lowest BCUT2D eigenvalue weighted by atomic mass is 9.99. The normalized spacial score (nSPS) is 11.8. The monoisotopic (exact) mass is 574 g/mol. The van der Waals surface area contributed by atoms with Crippen molar-refractivity contribution in [2.75, 3.05) is 13.7 Å². The van der Waals surface area contributed by atoms with E-state index in [1.807, 2.05) is 36.4 Å². The Labute approximate surface area is 243 Å². The molecule has 0 fully saturated rings. The first kappa shape index (κ1) is 31.3. The lowest BCUT2D eigenvalue weighted by Crippen LogP contribution is -2.55. The molecule has 0 radical (unpaired) electrons. The highest BCUT2D eigenvalue weighted by molar-refractivity contribution is 6.38. The van der Waals surface area contributed by atoms with Crippen molar-refractivity contribution in [2.24, 2.45) is 5.73 Å². The van der Waals surface area contributed by atoms with Crippen LogP contribution in [0.15, 0.2) is 84.9 Å². The number of rotatable bonds is 15. The molecule has 0 saturated carbocycles. The van der Waals surface area contributed by atoms with Crippen molar-refractivity contribution in [2.45, 2.75) is 37.9 Å². The van der Waals surface area contributed by atoms with Gasteiger partial charge in [-0.2, -0.15) is 0 Å². The van der Waals surface area contributed by atoms with Crippen molar-refractivity contribution in [3.05, 3.63) is 102 Å². The molecule has 11 nitrogen and oxygen atoms in total. The van der Waals surface area contributed by atoms with E-state index < -0.39 is 41.7 Å². The molecule has 0 aliphatic heterocycles. The average Bonchev–Trinajstić information content (AvgIpc) is 3.00. The molecule has 0 spiro atoms. The number of ketones is 1. The van der Waals surface area contributed by atoms with E-state index in [1.165, 1.54) is 7.11 Å². The van der Waals surface area contributed by atoms with Crippen LogP contribution in [0.4, 0.5) is 4.79 Å². The fraction of sp³-hybridized carbons (Fsp3) is 0.258. The fourth-order valence-corrected chi connectivity index (χ4v) is 4.07. The molecule has 0 saturated heterocycles. The van der Waals surface area contributed by atoms with Gasteiger partial charge in [-0.1, -0.05) is 72.8 Å². The molecule has 3 rings (SSSR count). The molecule has 220 valence electrons. The number of nitrogens with one attached hydrogen (secondary N) is 3. The van der Waals surface area contributed by atoms with E-state index in [-0.39, 0.29) is 32.4 Å². The third-order valence-electron chi connectivity index (χ3n) is 6.26. The maximum absolute atomic E-state index is 13.6. The molecule has 11 heteroatoms. The van der Waals surface area contributed by atoms with Gasteiger partial charge in [0.05, 0.1) is 13.5 Å². The smallest absolute Gasteiger partial charge is 0.404 e. The van der Waals surface area contributed by atoms with Gasteiger partial charge in [-0.15, -0.1) is 0 Å². The standard InChI is InChI=1S/C31H34N4O7/c1-41-24-14-12-22(13-15-24)19-26(34-27(36)16-17-42-31(32)40)29(38)35-25(18-21-8-4-2-5-9-21)28(37)30(39)33-20-23-10-6-3-7-11-23/h2-15,25-26H,16-20H2,1H3,(H2,32,40)(H,33,39)(H,34,36)(H,35,38)/t25-,26-/m0/s1. The quantitative estimate of drug-likeness (QED) is 0.201. The predicted molar refractivity (Wildman–Crippen MR) is 154 cm³/mol. The largest absolute Gasteiger partial charge is 0.497 e. The first-order valence-electron chi connectivity index (χ1n) is 13.3. The maximum Gasteiger partial charge on any atom is 0.404 e. The number of nitrogens with two attached hydrogens (primary N) is 1. The number of hydrogen-bond acceptors (Lipinski definition) is 7. The minimum Gasteiger partial charge on any atom is -0.497 e. The number of primary amides is 1. The number of hydrogen-bond donors (Lipinski definition) is 4. The lowest BCUT2D eigenvalue weighted by molar-refractivity contribution is -0.140. The van der Waals surface area contributed by atoms with Crippen LogP contribution in [-0.2, 0) is 43.3 Å². The number of amides is 4. The molecule has 5 N–H and O–H groups in total. The molecule has 4 amide bonds. The van der Waals surface area contributed by atoms with Gasteiger partial charge in [-0.3, -0.25) is 19.2 Å². The number of Topliss-reactive ketones (excluding diaryl/α,β-unsaturated/α-hetero) is 1. The van der Waals surface area contributed by atoms with Crippen LogP contribution in [0.1, 0.15) is 23.1 Å². The molecule has 2 atom stereocenters. The molecule has 0 aliphatic rings. The summed E-state index contributed by atoms with van der Waals surface area (Å²) >= 11 is 0. The maximum atomic E-state index is 13.6. The minimum atomic E-state index is -1.20. The van der Waals surface area contributed by atoms with Crippen LogP contribution in [0.3, 0.4) is 0 Å². The molecular formula is C31H34N4O7. The van der Waals surface area contributed by atoms with Crippen LogP contribution in [0, 0.1) is 0 Å². The summed E-state index contributed by atoms with van der Waals surface area (Å²) < 4.78 is 9.80. The highest BCUT2D eigenvalue weighted by Crippen LogP contribution is 2.14. The van der Waals surface area contributed by atoms with Crippen molar-refractivity contribution in [1.29, 1.82) is 0 Å². The number of methoxy groups -OCH3 is 1. The van der Waals surface area contributed by atoms with E-state index in [0.717, 1.165) is 11.1 Å². The molecular weight excluding hydrogens is 540 g/mol. The topological polar surface area (TPSA) is 166 Å². The van der Waals surface area contributed by atoms with Crippen molar-refractivity contribution < 1.29 is 33.4 Å². The van der Waals surface area contributed by atoms with Crippen molar-refractivity contribution in [1.82, 2.24) is 16.0 Å². The van der Waals surface area contributed by atoms with Crippen LogP contribution in [0.25, 0.3) is 0 Å². The summed E-state index contributed by atoms with van der Waals surface area (Å²) in [6.07, 6.45) is -1.13. The Kier molecular flexibility index (Phi) is 12.1. The summed E-state index contributed by atoms with van der Waals surface area (Å²) in [7, 11) is 1.53. The van der Waals surface area contributed by atoms with Gasteiger partial charge in [0.1, 0.15) is 24.4 Å². The minimum absolute atomic E-state index is 0.0554. The number of ether oxygens (including phenoxy) is 2. The van der Waals surface area contributed by atoms with Gasteiger partial charge in [-0.05, 0) is 28.8 Å². The van der Waals surface area contributed by atoms with E-state index in [0.29, 0.717) is 11.3 Å². The van der Waals surface area contributed by atoms with Crippen molar-refractivity contribution >= 4 is 29.6 Å². The summed E-state index contributed by atoms with van der Waals surface area (Å²) in [6, 6.07) is 22.6. The Morgan fingerprint density at radius 1 is 0.738 bits per heavy atom. The van der Waals surface area contributed by atoms with Gasteiger partial charge in [0.2, 0.25) is 17.6 Å². The Balaban J connectivity index is 1.78. The third-order valence-corrected chi connectivity index (χ3v) is 6.26. The zero-order valence-corrected chi connectivity index (χ0v) is 23.2. The molecule has 0 bridgehead atoms. The summed E-state index contributed by atoms with van der Waals surface area (Å²) in [4.78, 5) is 63.2. The van der Waals surface area contributed by atoms with Crippen molar-refractivity contribution in [3.8, 4) is 5.75 Å². The Morgan fingerprint density at radius 3 is 1.90 bits per heavy atom. The SMILES string of the molecule is COc1ccc(C[C@H](NC(=O)CCOC(N)=O)C(=O)N[C@@H](Cc2ccccc2)C(=O)C(=O)NCc2ccccc2)cc1. The van der Waals surface area contributed by atoms with Gasteiger partial charge in [0, 0.05) is 19.4 Å². The molecule has 3 aromatic rings. The Morgan fingerprint density at radius 2 is 1.31 bits per heavy atom. The van der Waals surface area contributed by atoms with Gasteiger partial charge in [-0.25, -0.2) is 4.79 Å². The van der Waals surface area contributed by atoms with E-state index in [9.17, 15) is 24.0 Å². The molecule has 0 heterocycles. The summed E-state index contributed by atoms with van der Waals surface area (Å²) in [6.45, 7) is -0.129. The highest BCUT2D eigenvalue weighted by Gasteiger charge is 2.30. The second-order valence-electron chi connectivity index (χ2n) is 9.37. The van der Waals surface area contributed by atoms with Crippen molar-refractivity contribution in [3.63, 3.8) is 0 Å². The van der Waals surface area contributed by atoms with Gasteiger partial charge < -0.3 is 31.2 Å². The zero-order chi connectivity index (χ0) is 30.3. The van der Waals surface area contributed by atoms with E-state index in [4.69, 9.17) is 10.5 Å². The molecule has 0 aliphatic carbocycles. The number of carbonyl (C=O) groups excluding carboxylic acids is 5. The Bertz CT molecular complexity index is 1350. The predicted octanol–water partition coefficient (Wildman–Crippen LogP) is 1.82. The fourth-order valence-electron chi connectivity index (χ4n) is 4.07. The van der Waals surface area contributed by atoms with Gasteiger partial charge in [0.15, 0.2) is 0 Å². The molecule has 0 aromatic heterocycles. The second kappa shape index (κ2) is 16.2. The van der Waals surface area contributed by atoms with Crippen LogP contribution >= 0.6 is 0 Å². The summed E-state index contributed by atoms with van der Waals surface area (Å²) in [5.74, 6) is -2.30. The average molecular weight is 575 g/mol. The second-order valence-corrected chi connectivity index (χ2v) is 9.37. The molecule has 0 unspecified atom stereocenters.